The summed E-state index contributed by atoms with van der Waals surface area (Å²) in [7, 11) is 0. The lowest BCUT2D eigenvalue weighted by Gasteiger charge is -2.23. The number of carbonyl (C=O) groups is 1. The molecule has 2 aliphatic heterocycles. The lowest BCUT2D eigenvalue weighted by Crippen LogP contribution is -2.45. The number of carbonyl (C=O) groups excluding carboxylic acids is 1. The van der Waals surface area contributed by atoms with Crippen molar-refractivity contribution in [3.05, 3.63) is 0 Å². The van der Waals surface area contributed by atoms with E-state index in [1.807, 2.05) is 6.92 Å². The van der Waals surface area contributed by atoms with E-state index in [1.165, 1.54) is 0 Å². The lowest BCUT2D eigenvalue weighted by atomic mass is 9.88. The summed E-state index contributed by atoms with van der Waals surface area (Å²) in [5, 5.41) is 6.28. The molecule has 2 aliphatic rings. The molecule has 4 nitrogen and oxygen atoms in total. The average Bonchev–Trinajstić information content (AvgIpc) is 2.76. The van der Waals surface area contributed by atoms with Gasteiger partial charge in [0.05, 0.1) is 18.1 Å². The fourth-order valence-corrected chi connectivity index (χ4v) is 2.02. The maximum atomic E-state index is 11.9. The first-order valence-electron chi connectivity index (χ1n) is 5.30. The second-order valence-corrected chi connectivity index (χ2v) is 4.52. The van der Waals surface area contributed by atoms with Crippen LogP contribution >= 0.6 is 0 Å². The van der Waals surface area contributed by atoms with Gasteiger partial charge in [0.25, 0.3) is 0 Å². The molecule has 0 aromatic rings. The van der Waals surface area contributed by atoms with Crippen LogP contribution in [0.5, 0.6) is 0 Å². The zero-order valence-electron chi connectivity index (χ0n) is 8.64. The van der Waals surface area contributed by atoms with Crippen molar-refractivity contribution in [3.63, 3.8) is 0 Å². The van der Waals surface area contributed by atoms with Gasteiger partial charge in [-0.3, -0.25) is 4.79 Å². The van der Waals surface area contributed by atoms with Crippen molar-refractivity contribution in [1.82, 2.24) is 10.6 Å². The Kier molecular flexibility index (Phi) is 2.74. The van der Waals surface area contributed by atoms with Crippen LogP contribution in [0.25, 0.3) is 0 Å². The van der Waals surface area contributed by atoms with Crippen molar-refractivity contribution < 1.29 is 9.53 Å². The first-order valence-corrected chi connectivity index (χ1v) is 5.30. The fraction of sp³-hybridized carbons (Fsp3) is 0.900. The van der Waals surface area contributed by atoms with E-state index in [0.29, 0.717) is 6.61 Å². The Morgan fingerprint density at radius 2 is 2.50 bits per heavy atom. The van der Waals surface area contributed by atoms with Crippen LogP contribution in [0.15, 0.2) is 0 Å². The first kappa shape index (κ1) is 9.93. The molecule has 2 heterocycles. The van der Waals surface area contributed by atoms with E-state index in [-0.39, 0.29) is 17.4 Å². The molecule has 2 atom stereocenters. The van der Waals surface area contributed by atoms with Gasteiger partial charge in [-0.1, -0.05) is 0 Å². The van der Waals surface area contributed by atoms with E-state index in [9.17, 15) is 4.79 Å². The number of ether oxygens (including phenoxy) is 1. The summed E-state index contributed by atoms with van der Waals surface area (Å²) in [4.78, 5) is 11.9. The van der Waals surface area contributed by atoms with Crippen molar-refractivity contribution >= 4 is 5.91 Å². The van der Waals surface area contributed by atoms with Gasteiger partial charge in [-0.2, -0.15) is 0 Å². The van der Waals surface area contributed by atoms with E-state index in [2.05, 4.69) is 10.6 Å². The molecule has 2 fully saturated rings. The zero-order valence-corrected chi connectivity index (χ0v) is 8.64. The summed E-state index contributed by atoms with van der Waals surface area (Å²) in [6.07, 6.45) is 1.89. The van der Waals surface area contributed by atoms with Crippen LogP contribution in [0.4, 0.5) is 0 Å². The van der Waals surface area contributed by atoms with Crippen molar-refractivity contribution in [2.45, 2.75) is 25.8 Å². The molecule has 1 amide bonds. The highest BCUT2D eigenvalue weighted by molar-refractivity contribution is 5.83. The van der Waals surface area contributed by atoms with E-state index in [0.717, 1.165) is 32.5 Å². The van der Waals surface area contributed by atoms with E-state index >= 15 is 0 Å². The quantitative estimate of drug-likeness (QED) is 0.651. The summed E-state index contributed by atoms with van der Waals surface area (Å²) < 4.78 is 5.22. The molecule has 0 radical (unpaired) electrons. The molecule has 0 aliphatic carbocycles. The Bertz CT molecular complexity index is 218. The molecular formula is C10H18N2O2. The Morgan fingerprint density at radius 3 is 3.07 bits per heavy atom. The maximum absolute atomic E-state index is 11.9. The third-order valence-electron chi connectivity index (χ3n) is 3.18. The summed E-state index contributed by atoms with van der Waals surface area (Å²) >= 11 is 0. The minimum atomic E-state index is -0.206. The zero-order chi connectivity index (χ0) is 10.0. The van der Waals surface area contributed by atoms with Crippen LogP contribution in [0.1, 0.15) is 19.8 Å². The van der Waals surface area contributed by atoms with E-state index in [1.54, 1.807) is 0 Å². The third kappa shape index (κ3) is 1.91. The van der Waals surface area contributed by atoms with Gasteiger partial charge in [0.15, 0.2) is 0 Å². The van der Waals surface area contributed by atoms with Gasteiger partial charge in [0.1, 0.15) is 0 Å². The number of hydrogen-bond acceptors (Lipinski definition) is 3. The smallest absolute Gasteiger partial charge is 0.227 e. The van der Waals surface area contributed by atoms with Gasteiger partial charge >= 0.3 is 0 Å². The van der Waals surface area contributed by atoms with E-state index < -0.39 is 0 Å². The summed E-state index contributed by atoms with van der Waals surface area (Å²) in [6.45, 7) is 5.23. The largest absolute Gasteiger partial charge is 0.379 e. The van der Waals surface area contributed by atoms with Crippen LogP contribution in [0.2, 0.25) is 0 Å². The third-order valence-corrected chi connectivity index (χ3v) is 3.18. The van der Waals surface area contributed by atoms with Gasteiger partial charge in [-0.15, -0.1) is 0 Å². The monoisotopic (exact) mass is 198 g/mol. The highest BCUT2D eigenvalue weighted by Crippen LogP contribution is 2.24. The molecule has 2 unspecified atom stereocenters. The number of amides is 1. The Balaban J connectivity index is 1.87. The van der Waals surface area contributed by atoms with Crippen molar-refractivity contribution in [2.24, 2.45) is 5.41 Å². The SMILES string of the molecule is CC1(C(=O)NC2CCOC2)CCNC1. The Labute approximate surface area is 84.4 Å². The van der Waals surface area contributed by atoms with E-state index in [4.69, 9.17) is 4.74 Å². The minimum absolute atomic E-state index is 0.179. The van der Waals surface area contributed by atoms with Gasteiger partial charge in [0, 0.05) is 13.2 Å². The molecule has 0 spiro atoms. The molecule has 80 valence electrons. The predicted molar refractivity (Wildman–Crippen MR) is 53.0 cm³/mol. The normalized spacial score (nSPS) is 37.4. The second kappa shape index (κ2) is 3.87. The number of hydrogen-bond donors (Lipinski definition) is 2. The molecule has 14 heavy (non-hydrogen) atoms. The Morgan fingerprint density at radius 1 is 1.64 bits per heavy atom. The van der Waals surface area contributed by atoms with Gasteiger partial charge in [-0.05, 0) is 26.3 Å². The van der Waals surface area contributed by atoms with Crippen molar-refractivity contribution in [1.29, 1.82) is 0 Å². The average molecular weight is 198 g/mol. The topological polar surface area (TPSA) is 50.4 Å². The fourth-order valence-electron chi connectivity index (χ4n) is 2.02. The molecular weight excluding hydrogens is 180 g/mol. The van der Waals surface area contributed by atoms with Crippen molar-refractivity contribution in [2.75, 3.05) is 26.3 Å². The molecule has 0 saturated carbocycles. The molecule has 0 bridgehead atoms. The van der Waals surface area contributed by atoms with Crippen LogP contribution in [-0.4, -0.2) is 38.3 Å². The maximum Gasteiger partial charge on any atom is 0.227 e. The molecule has 0 aromatic carbocycles. The molecule has 0 aromatic heterocycles. The van der Waals surface area contributed by atoms with Crippen LogP contribution in [0.3, 0.4) is 0 Å². The predicted octanol–water partition coefficient (Wildman–Crippen LogP) is -0.109. The summed E-state index contributed by atoms with van der Waals surface area (Å²) in [6, 6.07) is 0.236. The molecule has 2 saturated heterocycles. The number of rotatable bonds is 2. The molecule has 2 rings (SSSR count). The summed E-state index contributed by atoms with van der Waals surface area (Å²) in [5.74, 6) is 0.179. The standard InChI is InChI=1S/C10H18N2O2/c1-10(3-4-11-7-10)9(13)12-8-2-5-14-6-8/h8,11H,2-7H2,1H3,(H,12,13). The lowest BCUT2D eigenvalue weighted by molar-refractivity contribution is -0.130. The second-order valence-electron chi connectivity index (χ2n) is 4.52. The first-order chi connectivity index (χ1) is 6.71. The Hall–Kier alpha value is -0.610. The molecule has 4 heteroatoms. The van der Waals surface area contributed by atoms with Gasteiger partial charge < -0.3 is 15.4 Å². The molecule has 2 N–H and O–H groups in total. The van der Waals surface area contributed by atoms with Crippen LogP contribution in [-0.2, 0) is 9.53 Å². The van der Waals surface area contributed by atoms with Gasteiger partial charge in [0.2, 0.25) is 5.91 Å². The van der Waals surface area contributed by atoms with Gasteiger partial charge in [-0.25, -0.2) is 0 Å². The highest BCUT2D eigenvalue weighted by Gasteiger charge is 2.37. The summed E-state index contributed by atoms with van der Waals surface area (Å²) in [5.41, 5.74) is -0.206. The van der Waals surface area contributed by atoms with Crippen molar-refractivity contribution in [3.8, 4) is 0 Å². The van der Waals surface area contributed by atoms with Crippen LogP contribution in [0, 0.1) is 5.41 Å². The minimum Gasteiger partial charge on any atom is -0.379 e. The van der Waals surface area contributed by atoms with Crippen LogP contribution < -0.4 is 10.6 Å². The number of nitrogens with one attached hydrogen (secondary N) is 2. The highest BCUT2D eigenvalue weighted by atomic mass is 16.5.